The predicted molar refractivity (Wildman–Crippen MR) is 237 cm³/mol. The Morgan fingerprint density at radius 1 is 0.382 bits per heavy atom. The van der Waals surface area contributed by atoms with Crippen LogP contribution in [0.5, 0.6) is 0 Å². The minimum Gasteiger partial charge on any atom is -0.309 e. The quantitative estimate of drug-likeness (QED) is 0.155. The topological polar surface area (TPSA) is 8.17 Å². The summed E-state index contributed by atoms with van der Waals surface area (Å²) in [4.78, 5) is 2.48. The van der Waals surface area contributed by atoms with Crippen LogP contribution in [-0.2, 0) is 0 Å². The van der Waals surface area contributed by atoms with Crippen molar-refractivity contribution in [2.45, 2.75) is 0 Å². The zero-order chi connectivity index (χ0) is 36.3. The van der Waals surface area contributed by atoms with E-state index in [1.54, 1.807) is 0 Å². The summed E-state index contributed by atoms with van der Waals surface area (Å²) < 4.78 is 5.05. The summed E-state index contributed by atoms with van der Waals surface area (Å²) in [7, 11) is 0. The average molecular weight is 719 g/mol. The van der Waals surface area contributed by atoms with Gasteiger partial charge in [0.15, 0.2) is 0 Å². The molecule has 0 unspecified atom stereocenters. The van der Waals surface area contributed by atoms with Gasteiger partial charge in [0, 0.05) is 43.4 Å². The highest BCUT2D eigenvalue weighted by Gasteiger charge is 2.24. The zero-order valence-corrected chi connectivity index (χ0v) is 30.7. The molecule has 2 aromatic heterocycles. The van der Waals surface area contributed by atoms with Gasteiger partial charge in [-0.25, -0.2) is 0 Å². The molecule has 0 saturated carbocycles. The zero-order valence-electron chi connectivity index (χ0n) is 29.9. The Morgan fingerprint density at radius 3 is 1.80 bits per heavy atom. The Labute approximate surface area is 323 Å². The Kier molecular flexibility index (Phi) is 7.39. The smallest absolute Gasteiger partial charge is 0.0727 e. The average Bonchev–Trinajstić information content (AvgIpc) is 3.80. The molecule has 0 radical (unpaired) electrons. The van der Waals surface area contributed by atoms with Gasteiger partial charge in [0.25, 0.3) is 0 Å². The third kappa shape index (κ3) is 5.09. The SMILES string of the molecule is c1ccc(-c2ccc(N(c3ccccc3-c3cccc4c3sc3c5ccccc5n(-c5ccccc5)c43)c3cc4ccccc4c4ccccc34)cc2)cc1. The van der Waals surface area contributed by atoms with E-state index in [1.807, 2.05) is 11.3 Å². The molecule has 0 bridgehead atoms. The van der Waals surface area contributed by atoms with Crippen molar-refractivity contribution in [3.8, 4) is 27.9 Å². The number of hydrogen-bond acceptors (Lipinski definition) is 2. The standard InChI is InChI=1S/C52H34N2S/c1-3-16-35(17-4-1)36-30-32-39(33-31-36)53(49-34-37-18-7-8-21-40(37)41-22-9-10-23-42(41)49)47-28-13-11-24-43(47)44-26-15-27-46-50-52(55-51(44)46)45-25-12-14-29-48(45)54(50)38-19-5-2-6-20-38/h1-34H. The van der Waals surface area contributed by atoms with Gasteiger partial charge in [-0.2, -0.15) is 0 Å². The maximum atomic E-state index is 2.48. The van der Waals surface area contributed by atoms with E-state index < -0.39 is 0 Å². The van der Waals surface area contributed by atoms with E-state index >= 15 is 0 Å². The molecule has 2 heterocycles. The highest BCUT2D eigenvalue weighted by atomic mass is 32.1. The van der Waals surface area contributed by atoms with Crippen LogP contribution in [0.1, 0.15) is 0 Å². The van der Waals surface area contributed by atoms with Crippen LogP contribution in [0, 0.1) is 0 Å². The summed E-state index contributed by atoms with van der Waals surface area (Å²) in [6.07, 6.45) is 0. The first-order chi connectivity index (χ1) is 27.3. The molecule has 0 spiro atoms. The molecule has 0 N–H and O–H groups in total. The highest BCUT2D eigenvalue weighted by Crippen LogP contribution is 2.50. The maximum absolute atomic E-state index is 2.48. The van der Waals surface area contributed by atoms with Gasteiger partial charge in [0.1, 0.15) is 0 Å². The Bertz CT molecular complexity index is 3190. The fraction of sp³-hybridized carbons (Fsp3) is 0. The highest BCUT2D eigenvalue weighted by molar-refractivity contribution is 7.27. The molecule has 55 heavy (non-hydrogen) atoms. The molecular formula is C52H34N2S. The Balaban J connectivity index is 1.18. The van der Waals surface area contributed by atoms with Crippen molar-refractivity contribution in [3.63, 3.8) is 0 Å². The Morgan fingerprint density at radius 2 is 0.982 bits per heavy atom. The first kappa shape index (κ1) is 31.6. The molecule has 3 heteroatoms. The van der Waals surface area contributed by atoms with Crippen molar-refractivity contribution in [1.29, 1.82) is 0 Å². The minimum absolute atomic E-state index is 1.11. The van der Waals surface area contributed by atoms with Crippen molar-refractivity contribution < 1.29 is 0 Å². The number of para-hydroxylation sites is 3. The van der Waals surface area contributed by atoms with Crippen molar-refractivity contribution in [2.24, 2.45) is 0 Å². The second-order valence-corrected chi connectivity index (χ2v) is 15.1. The lowest BCUT2D eigenvalue weighted by Crippen LogP contribution is -2.12. The molecular weight excluding hydrogens is 685 g/mol. The van der Waals surface area contributed by atoms with Crippen LogP contribution in [0.4, 0.5) is 17.1 Å². The van der Waals surface area contributed by atoms with Gasteiger partial charge in [-0.15, -0.1) is 11.3 Å². The van der Waals surface area contributed by atoms with Gasteiger partial charge >= 0.3 is 0 Å². The molecule has 0 aliphatic carbocycles. The van der Waals surface area contributed by atoms with E-state index in [-0.39, 0.29) is 0 Å². The van der Waals surface area contributed by atoms with Crippen LogP contribution in [0.2, 0.25) is 0 Å². The van der Waals surface area contributed by atoms with E-state index in [9.17, 15) is 0 Å². The van der Waals surface area contributed by atoms with Crippen LogP contribution in [0.15, 0.2) is 206 Å². The largest absolute Gasteiger partial charge is 0.309 e. The molecule has 0 saturated heterocycles. The summed E-state index contributed by atoms with van der Waals surface area (Å²) in [5.41, 5.74) is 11.9. The fourth-order valence-electron chi connectivity index (χ4n) is 8.51. The molecule has 9 aromatic carbocycles. The molecule has 0 amide bonds. The maximum Gasteiger partial charge on any atom is 0.0727 e. The second kappa shape index (κ2) is 12.9. The Hall–Kier alpha value is -6.94. The molecule has 0 fully saturated rings. The molecule has 11 rings (SSSR count). The third-order valence-corrected chi connectivity index (χ3v) is 12.2. The number of rotatable bonds is 6. The van der Waals surface area contributed by atoms with Crippen molar-refractivity contribution in [3.05, 3.63) is 206 Å². The van der Waals surface area contributed by atoms with Gasteiger partial charge in [-0.3, -0.25) is 0 Å². The minimum atomic E-state index is 1.11. The normalized spacial score (nSPS) is 11.6. The van der Waals surface area contributed by atoms with Crippen LogP contribution in [-0.4, -0.2) is 4.57 Å². The number of thiophene rings is 1. The monoisotopic (exact) mass is 718 g/mol. The van der Waals surface area contributed by atoms with Crippen molar-refractivity contribution in [1.82, 2.24) is 4.57 Å². The van der Waals surface area contributed by atoms with E-state index in [0.717, 1.165) is 17.1 Å². The van der Waals surface area contributed by atoms with Crippen molar-refractivity contribution >= 4 is 81.1 Å². The van der Waals surface area contributed by atoms with E-state index in [0.29, 0.717) is 0 Å². The first-order valence-corrected chi connectivity index (χ1v) is 19.6. The summed E-state index contributed by atoms with van der Waals surface area (Å²) in [6, 6.07) is 75.0. The number of hydrogen-bond donors (Lipinski definition) is 0. The van der Waals surface area contributed by atoms with Crippen LogP contribution in [0.3, 0.4) is 0 Å². The lowest BCUT2D eigenvalue weighted by molar-refractivity contribution is 1.19. The summed E-state index contributed by atoms with van der Waals surface area (Å²) in [6.45, 7) is 0. The number of benzene rings is 9. The van der Waals surface area contributed by atoms with Gasteiger partial charge in [-0.1, -0.05) is 164 Å². The lowest BCUT2D eigenvalue weighted by atomic mass is 9.96. The van der Waals surface area contributed by atoms with Gasteiger partial charge in [0.05, 0.1) is 27.1 Å². The molecule has 11 aromatic rings. The number of nitrogens with zero attached hydrogens (tertiary/aromatic N) is 2. The lowest BCUT2D eigenvalue weighted by Gasteiger charge is -2.30. The van der Waals surface area contributed by atoms with Crippen molar-refractivity contribution in [2.75, 3.05) is 4.90 Å². The summed E-state index contributed by atoms with van der Waals surface area (Å²) >= 11 is 1.90. The molecule has 0 aliphatic heterocycles. The number of anilines is 3. The number of aromatic nitrogens is 1. The molecule has 258 valence electrons. The first-order valence-electron chi connectivity index (χ1n) is 18.8. The van der Waals surface area contributed by atoms with E-state index in [4.69, 9.17) is 0 Å². The summed E-state index contributed by atoms with van der Waals surface area (Å²) in [5, 5.41) is 7.49. The van der Waals surface area contributed by atoms with Crippen LogP contribution < -0.4 is 4.90 Å². The summed E-state index contributed by atoms with van der Waals surface area (Å²) in [5.74, 6) is 0. The molecule has 0 atom stereocenters. The van der Waals surface area contributed by atoms with Gasteiger partial charge < -0.3 is 9.47 Å². The predicted octanol–water partition coefficient (Wildman–Crippen LogP) is 15.1. The molecule has 2 nitrogen and oxygen atoms in total. The third-order valence-electron chi connectivity index (χ3n) is 11.0. The van der Waals surface area contributed by atoms with E-state index in [1.165, 1.54) is 80.7 Å². The second-order valence-electron chi connectivity index (χ2n) is 14.1. The van der Waals surface area contributed by atoms with Crippen LogP contribution >= 0.6 is 11.3 Å². The van der Waals surface area contributed by atoms with Crippen LogP contribution in [0.25, 0.3) is 80.7 Å². The fourth-order valence-corrected chi connectivity index (χ4v) is 9.85. The molecule has 0 aliphatic rings. The van der Waals surface area contributed by atoms with E-state index in [2.05, 4.69) is 216 Å². The number of fused-ring (bicyclic) bond motifs is 8. The van der Waals surface area contributed by atoms with Gasteiger partial charge in [0.2, 0.25) is 0 Å². The van der Waals surface area contributed by atoms with Gasteiger partial charge in [-0.05, 0) is 69.8 Å².